The zero-order valence-electron chi connectivity index (χ0n) is 22.9. The highest BCUT2D eigenvalue weighted by Gasteiger charge is 2.33. The Morgan fingerprint density at radius 2 is 1.62 bits per heavy atom. The van der Waals surface area contributed by atoms with Crippen LogP contribution in [0.15, 0.2) is 35.5 Å². The van der Waals surface area contributed by atoms with E-state index in [-0.39, 0.29) is 37.7 Å². The smallest absolute Gasteiger partial charge is 0.326 e. The number of aliphatic hydroxyl groups is 1. The third-order valence-electron chi connectivity index (χ3n) is 6.38. The second-order valence-electron chi connectivity index (χ2n) is 9.97. The molecule has 0 radical (unpaired) electrons. The molecule has 1 heterocycles. The van der Waals surface area contributed by atoms with Gasteiger partial charge in [0.25, 0.3) is 0 Å². The molecular formula is C26H40N8O6. The summed E-state index contributed by atoms with van der Waals surface area (Å²) in [6.45, 7) is 4.96. The van der Waals surface area contributed by atoms with Crippen LogP contribution >= 0.6 is 0 Å². The van der Waals surface area contributed by atoms with Gasteiger partial charge in [-0.2, -0.15) is 0 Å². The van der Waals surface area contributed by atoms with Crippen molar-refractivity contribution in [3.05, 3.63) is 36.0 Å². The SMILES string of the molecule is CC(C)C(N)C(=O)NC(C(=O)NC(Cc1c[nH]c2ccccc12)C(=O)NC(CCCN=C(N)N)C(=O)O)C(C)O. The lowest BCUT2D eigenvalue weighted by molar-refractivity contribution is -0.142. The molecule has 5 atom stereocenters. The zero-order chi connectivity index (χ0) is 30.0. The van der Waals surface area contributed by atoms with Crippen molar-refractivity contribution >= 4 is 40.6 Å². The minimum absolute atomic E-state index is 0.00604. The second kappa shape index (κ2) is 14.8. The van der Waals surface area contributed by atoms with Crippen LogP contribution in [0.5, 0.6) is 0 Å². The standard InChI is InChI=1S/C26H40N8O6/c1-13(2)20(27)23(37)34-21(14(3)35)24(38)33-19(11-15-12-31-17-8-5-4-7-16(15)17)22(36)32-18(25(39)40)9-6-10-30-26(28)29/h4-5,7-8,12-14,18-21,31,35H,6,9-11,27H2,1-3H3,(H,32,36)(H,33,38)(H,34,37)(H,39,40)(H4,28,29,30). The number of H-pyrrole nitrogens is 1. The molecule has 0 saturated heterocycles. The summed E-state index contributed by atoms with van der Waals surface area (Å²) in [5.74, 6) is -3.86. The Hall–Kier alpha value is -4.17. The number of hydrogen-bond donors (Lipinski definition) is 9. The maximum Gasteiger partial charge on any atom is 0.326 e. The lowest BCUT2D eigenvalue weighted by Gasteiger charge is -2.27. The number of aromatic amines is 1. The Labute approximate surface area is 232 Å². The van der Waals surface area contributed by atoms with Crippen molar-refractivity contribution in [1.82, 2.24) is 20.9 Å². The predicted molar refractivity (Wildman–Crippen MR) is 150 cm³/mol. The monoisotopic (exact) mass is 560 g/mol. The number of aliphatic hydroxyl groups excluding tert-OH is 1. The minimum atomic E-state index is -1.41. The summed E-state index contributed by atoms with van der Waals surface area (Å²) in [4.78, 5) is 57.9. The average Bonchev–Trinajstić information content (AvgIpc) is 3.29. The fourth-order valence-electron chi connectivity index (χ4n) is 3.98. The number of para-hydroxylation sites is 1. The third kappa shape index (κ3) is 9.24. The van der Waals surface area contributed by atoms with Crippen molar-refractivity contribution in [2.45, 2.75) is 70.3 Å². The molecule has 1 aromatic heterocycles. The lowest BCUT2D eigenvalue weighted by Crippen LogP contribution is -2.60. The topological polar surface area (TPSA) is 251 Å². The van der Waals surface area contributed by atoms with Gasteiger partial charge in [-0.05, 0) is 37.3 Å². The Bertz CT molecular complexity index is 1210. The van der Waals surface area contributed by atoms with Gasteiger partial charge in [0.2, 0.25) is 17.7 Å². The summed E-state index contributed by atoms with van der Waals surface area (Å²) in [5.41, 5.74) is 18.0. The highest BCUT2D eigenvalue weighted by molar-refractivity contribution is 5.95. The maximum atomic E-state index is 13.4. The summed E-state index contributed by atoms with van der Waals surface area (Å²) in [6.07, 6.45) is 0.679. The summed E-state index contributed by atoms with van der Waals surface area (Å²) >= 11 is 0. The van der Waals surface area contributed by atoms with Crippen LogP contribution in [0, 0.1) is 5.92 Å². The molecule has 0 aliphatic rings. The van der Waals surface area contributed by atoms with Crippen LogP contribution in [0.25, 0.3) is 10.9 Å². The largest absolute Gasteiger partial charge is 0.480 e. The van der Waals surface area contributed by atoms with E-state index in [1.807, 2.05) is 24.3 Å². The van der Waals surface area contributed by atoms with Crippen molar-refractivity contribution < 1.29 is 29.4 Å². The Balaban J connectivity index is 2.29. The number of benzene rings is 1. The number of carbonyl (C=O) groups is 4. The van der Waals surface area contributed by atoms with Gasteiger partial charge in [-0.15, -0.1) is 0 Å². The van der Waals surface area contributed by atoms with E-state index in [0.717, 1.165) is 10.9 Å². The van der Waals surface area contributed by atoms with Crippen LogP contribution in [0.3, 0.4) is 0 Å². The second-order valence-corrected chi connectivity index (χ2v) is 9.97. The molecule has 2 rings (SSSR count). The molecule has 5 unspecified atom stereocenters. The fourth-order valence-corrected chi connectivity index (χ4v) is 3.98. The van der Waals surface area contributed by atoms with Crippen LogP contribution < -0.4 is 33.2 Å². The molecule has 12 N–H and O–H groups in total. The first-order valence-electron chi connectivity index (χ1n) is 13.0. The van der Waals surface area contributed by atoms with Crippen LogP contribution in [0.4, 0.5) is 0 Å². The maximum absolute atomic E-state index is 13.4. The number of aromatic nitrogens is 1. The normalized spacial score (nSPS) is 14.9. The number of carbonyl (C=O) groups excluding carboxylic acids is 3. The third-order valence-corrected chi connectivity index (χ3v) is 6.38. The van der Waals surface area contributed by atoms with Crippen LogP contribution in [-0.2, 0) is 25.6 Å². The van der Waals surface area contributed by atoms with Gasteiger partial charge in [0, 0.05) is 30.1 Å². The van der Waals surface area contributed by atoms with E-state index in [9.17, 15) is 29.4 Å². The van der Waals surface area contributed by atoms with E-state index >= 15 is 0 Å². The first-order chi connectivity index (χ1) is 18.8. The number of rotatable bonds is 15. The first kappa shape index (κ1) is 32.0. The molecule has 0 saturated carbocycles. The van der Waals surface area contributed by atoms with Gasteiger partial charge in [-0.3, -0.25) is 19.4 Å². The molecule has 3 amide bonds. The Kier molecular flexibility index (Phi) is 11.9. The number of nitrogens with zero attached hydrogens (tertiary/aromatic N) is 1. The number of aliphatic carboxylic acids is 1. The van der Waals surface area contributed by atoms with Crippen LogP contribution in [-0.4, -0.2) is 81.7 Å². The minimum Gasteiger partial charge on any atom is -0.480 e. The number of guanidine groups is 1. The summed E-state index contributed by atoms with van der Waals surface area (Å²) in [6, 6.07) is 2.49. The number of carboxylic acids is 1. The average molecular weight is 561 g/mol. The van der Waals surface area contributed by atoms with Gasteiger partial charge in [0.15, 0.2) is 5.96 Å². The molecule has 14 nitrogen and oxygen atoms in total. The number of nitrogens with one attached hydrogen (secondary N) is 4. The van der Waals surface area contributed by atoms with E-state index in [1.54, 1.807) is 20.0 Å². The molecule has 0 aliphatic carbocycles. The number of amides is 3. The molecular weight excluding hydrogens is 520 g/mol. The van der Waals surface area contributed by atoms with Gasteiger partial charge in [0.1, 0.15) is 18.1 Å². The van der Waals surface area contributed by atoms with E-state index in [1.165, 1.54) is 6.92 Å². The Morgan fingerprint density at radius 3 is 2.23 bits per heavy atom. The van der Waals surface area contributed by atoms with Crippen LogP contribution in [0.1, 0.15) is 39.2 Å². The molecule has 0 fully saturated rings. The molecule has 0 aliphatic heterocycles. The number of nitrogens with two attached hydrogens (primary N) is 3. The predicted octanol–water partition coefficient (Wildman–Crippen LogP) is -1.33. The fraction of sp³-hybridized carbons (Fsp3) is 0.500. The van der Waals surface area contributed by atoms with Crippen molar-refractivity contribution in [3.8, 4) is 0 Å². The molecule has 220 valence electrons. The quantitative estimate of drug-likeness (QED) is 0.0709. The first-order valence-corrected chi connectivity index (χ1v) is 13.0. The highest BCUT2D eigenvalue weighted by Crippen LogP contribution is 2.19. The zero-order valence-corrected chi connectivity index (χ0v) is 22.9. The molecule has 1 aromatic carbocycles. The van der Waals surface area contributed by atoms with Crippen molar-refractivity contribution in [2.24, 2.45) is 28.1 Å². The van der Waals surface area contributed by atoms with Crippen molar-refractivity contribution in [2.75, 3.05) is 6.54 Å². The number of aliphatic imine (C=N–C) groups is 1. The molecule has 0 spiro atoms. The van der Waals surface area contributed by atoms with Gasteiger partial charge < -0.3 is 48.3 Å². The summed E-state index contributed by atoms with van der Waals surface area (Å²) in [7, 11) is 0. The van der Waals surface area contributed by atoms with Gasteiger partial charge >= 0.3 is 5.97 Å². The molecule has 40 heavy (non-hydrogen) atoms. The number of carboxylic acid groups (broad SMARTS) is 1. The van der Waals surface area contributed by atoms with E-state index < -0.39 is 54.0 Å². The molecule has 0 bridgehead atoms. The number of fused-ring (bicyclic) bond motifs is 1. The van der Waals surface area contributed by atoms with E-state index in [4.69, 9.17) is 17.2 Å². The summed E-state index contributed by atoms with van der Waals surface area (Å²) in [5, 5.41) is 28.2. The Morgan fingerprint density at radius 1 is 0.975 bits per heavy atom. The molecule has 14 heteroatoms. The van der Waals surface area contributed by atoms with Gasteiger partial charge in [-0.1, -0.05) is 32.0 Å². The van der Waals surface area contributed by atoms with Crippen molar-refractivity contribution in [3.63, 3.8) is 0 Å². The highest BCUT2D eigenvalue weighted by atomic mass is 16.4. The number of hydrogen-bond acceptors (Lipinski definition) is 7. The molecule has 2 aromatic rings. The van der Waals surface area contributed by atoms with Crippen LogP contribution in [0.2, 0.25) is 0 Å². The van der Waals surface area contributed by atoms with E-state index in [2.05, 4.69) is 25.9 Å². The van der Waals surface area contributed by atoms with Gasteiger partial charge in [-0.25, -0.2) is 4.79 Å². The van der Waals surface area contributed by atoms with Gasteiger partial charge in [0.05, 0.1) is 12.1 Å². The summed E-state index contributed by atoms with van der Waals surface area (Å²) < 4.78 is 0. The van der Waals surface area contributed by atoms with Crippen molar-refractivity contribution in [1.29, 1.82) is 0 Å². The van der Waals surface area contributed by atoms with E-state index in [0.29, 0.717) is 5.56 Å². The lowest BCUT2D eigenvalue weighted by atomic mass is 10.0.